The summed E-state index contributed by atoms with van der Waals surface area (Å²) in [7, 11) is 0. The number of hydrogen-bond acceptors (Lipinski definition) is 5. The van der Waals surface area contributed by atoms with Gasteiger partial charge in [-0.1, -0.05) is 36.0 Å². The lowest BCUT2D eigenvalue weighted by molar-refractivity contribution is 0.556. The van der Waals surface area contributed by atoms with E-state index in [0.29, 0.717) is 11.6 Å². The number of nitrogens with zero attached hydrogens (tertiary/aromatic N) is 4. The van der Waals surface area contributed by atoms with E-state index < -0.39 is 0 Å². The fraction of sp³-hybridized carbons (Fsp3) is 0.0625. The van der Waals surface area contributed by atoms with Gasteiger partial charge in [0.25, 0.3) is 0 Å². The SMILES string of the molecule is c1ccc2oc(CSc3n[nH]c4nc5ccccc5n34)nc2c1. The number of rotatable bonds is 3. The van der Waals surface area contributed by atoms with Gasteiger partial charge in [-0.05, 0) is 24.3 Å². The van der Waals surface area contributed by atoms with E-state index >= 15 is 0 Å². The lowest BCUT2D eigenvalue weighted by Crippen LogP contribution is -1.87. The normalized spacial score (nSPS) is 11.8. The first-order chi connectivity index (χ1) is 11.4. The first-order valence-corrected chi connectivity index (χ1v) is 8.16. The molecule has 5 rings (SSSR count). The maximum absolute atomic E-state index is 5.75. The summed E-state index contributed by atoms with van der Waals surface area (Å²) in [6.45, 7) is 0. The summed E-state index contributed by atoms with van der Waals surface area (Å²) in [5.74, 6) is 2.05. The largest absolute Gasteiger partial charge is 0.440 e. The van der Waals surface area contributed by atoms with Gasteiger partial charge in [-0.15, -0.1) is 5.10 Å². The number of aromatic nitrogens is 5. The van der Waals surface area contributed by atoms with Crippen LogP contribution in [0.4, 0.5) is 0 Å². The molecule has 1 N–H and O–H groups in total. The van der Waals surface area contributed by atoms with Crippen LogP contribution in [0.3, 0.4) is 0 Å². The van der Waals surface area contributed by atoms with E-state index in [4.69, 9.17) is 4.42 Å². The van der Waals surface area contributed by atoms with Crippen molar-refractivity contribution in [3.05, 3.63) is 54.4 Å². The molecule has 3 heterocycles. The van der Waals surface area contributed by atoms with Crippen LogP contribution in [0.1, 0.15) is 5.89 Å². The molecule has 0 fully saturated rings. The van der Waals surface area contributed by atoms with Crippen molar-refractivity contribution in [2.45, 2.75) is 10.9 Å². The molecular formula is C16H11N5OS. The Morgan fingerprint density at radius 1 is 1.00 bits per heavy atom. The van der Waals surface area contributed by atoms with Gasteiger partial charge in [0, 0.05) is 0 Å². The van der Waals surface area contributed by atoms with Gasteiger partial charge in [-0.3, -0.25) is 4.40 Å². The highest BCUT2D eigenvalue weighted by atomic mass is 32.2. The Hall–Kier alpha value is -2.80. The highest BCUT2D eigenvalue weighted by molar-refractivity contribution is 7.98. The smallest absolute Gasteiger partial charge is 0.231 e. The molecule has 0 aliphatic rings. The van der Waals surface area contributed by atoms with E-state index in [-0.39, 0.29) is 0 Å². The lowest BCUT2D eigenvalue weighted by atomic mass is 10.3. The van der Waals surface area contributed by atoms with E-state index in [1.165, 1.54) is 0 Å². The van der Waals surface area contributed by atoms with Crippen LogP contribution in [0.25, 0.3) is 27.9 Å². The van der Waals surface area contributed by atoms with Crippen molar-refractivity contribution in [3.63, 3.8) is 0 Å². The van der Waals surface area contributed by atoms with E-state index in [1.807, 2.05) is 52.9 Å². The lowest BCUT2D eigenvalue weighted by Gasteiger charge is -1.96. The molecule has 0 saturated heterocycles. The van der Waals surface area contributed by atoms with Gasteiger partial charge in [0.1, 0.15) is 5.52 Å². The van der Waals surface area contributed by atoms with E-state index in [0.717, 1.165) is 33.1 Å². The number of para-hydroxylation sites is 4. The fourth-order valence-electron chi connectivity index (χ4n) is 2.65. The van der Waals surface area contributed by atoms with Gasteiger partial charge in [-0.25, -0.2) is 15.1 Å². The third-order valence-corrected chi connectivity index (χ3v) is 4.59. The zero-order valence-corrected chi connectivity index (χ0v) is 12.7. The van der Waals surface area contributed by atoms with Crippen molar-refractivity contribution in [2.24, 2.45) is 0 Å². The van der Waals surface area contributed by atoms with Crippen LogP contribution in [0.2, 0.25) is 0 Å². The monoisotopic (exact) mass is 321 g/mol. The van der Waals surface area contributed by atoms with E-state index in [2.05, 4.69) is 20.2 Å². The minimum Gasteiger partial charge on any atom is -0.440 e. The molecular weight excluding hydrogens is 310 g/mol. The van der Waals surface area contributed by atoms with Crippen molar-refractivity contribution >= 4 is 39.7 Å². The van der Waals surface area contributed by atoms with Crippen LogP contribution in [-0.2, 0) is 5.75 Å². The molecule has 0 unspecified atom stereocenters. The predicted octanol–water partition coefficient (Wildman–Crippen LogP) is 3.64. The first kappa shape index (κ1) is 12.7. The number of thioether (sulfide) groups is 1. The van der Waals surface area contributed by atoms with Crippen molar-refractivity contribution in [1.82, 2.24) is 24.6 Å². The Morgan fingerprint density at radius 3 is 2.74 bits per heavy atom. The number of aromatic amines is 1. The zero-order chi connectivity index (χ0) is 15.2. The van der Waals surface area contributed by atoms with Crippen molar-refractivity contribution in [1.29, 1.82) is 0 Å². The molecule has 0 saturated carbocycles. The number of oxazole rings is 1. The standard InChI is InChI=1S/C16H11N5OS/c1-3-7-12-10(5-1)18-15-19-20-16(21(12)15)23-9-14-17-11-6-2-4-8-13(11)22-14/h1-8H,9H2,(H,18,19). The maximum Gasteiger partial charge on any atom is 0.231 e. The molecule has 0 amide bonds. The van der Waals surface area contributed by atoms with Gasteiger partial charge >= 0.3 is 0 Å². The molecule has 2 aromatic carbocycles. The minimum atomic E-state index is 0.612. The summed E-state index contributed by atoms with van der Waals surface area (Å²) in [6, 6.07) is 15.8. The van der Waals surface area contributed by atoms with E-state index in [9.17, 15) is 0 Å². The summed E-state index contributed by atoms with van der Waals surface area (Å²) >= 11 is 1.57. The molecule has 112 valence electrons. The highest BCUT2D eigenvalue weighted by Crippen LogP contribution is 2.26. The zero-order valence-electron chi connectivity index (χ0n) is 11.9. The minimum absolute atomic E-state index is 0.612. The van der Waals surface area contributed by atoms with Crippen molar-refractivity contribution in [3.8, 4) is 0 Å². The Labute approximate surface area is 134 Å². The van der Waals surface area contributed by atoms with Crippen LogP contribution in [-0.4, -0.2) is 24.6 Å². The molecule has 5 aromatic rings. The Bertz CT molecular complexity index is 1110. The third-order valence-electron chi connectivity index (χ3n) is 3.67. The average Bonchev–Trinajstić information content (AvgIpc) is 3.25. The number of imidazole rings is 1. The third kappa shape index (κ3) is 2.01. The molecule has 0 atom stereocenters. The van der Waals surface area contributed by atoms with Crippen molar-refractivity contribution in [2.75, 3.05) is 0 Å². The second-order valence-electron chi connectivity index (χ2n) is 5.13. The molecule has 0 aliphatic heterocycles. The molecule has 0 bridgehead atoms. The summed E-state index contributed by atoms with van der Waals surface area (Å²) in [5, 5.41) is 8.16. The number of nitrogens with one attached hydrogen (secondary N) is 1. The summed E-state index contributed by atoms with van der Waals surface area (Å²) in [4.78, 5) is 9.01. The van der Waals surface area contributed by atoms with Gasteiger partial charge in [0.2, 0.25) is 11.7 Å². The molecule has 0 spiro atoms. The van der Waals surface area contributed by atoms with Crippen LogP contribution < -0.4 is 0 Å². The quantitative estimate of drug-likeness (QED) is 0.514. The van der Waals surface area contributed by atoms with Gasteiger partial charge < -0.3 is 4.42 Å². The van der Waals surface area contributed by atoms with Crippen LogP contribution in [0.15, 0.2) is 58.1 Å². The molecule has 0 radical (unpaired) electrons. The number of H-pyrrole nitrogens is 1. The van der Waals surface area contributed by atoms with Crippen molar-refractivity contribution < 1.29 is 4.42 Å². The number of benzene rings is 2. The van der Waals surface area contributed by atoms with Gasteiger partial charge in [-0.2, -0.15) is 0 Å². The van der Waals surface area contributed by atoms with Crippen LogP contribution in [0.5, 0.6) is 0 Å². The molecule has 7 heteroatoms. The summed E-state index contributed by atoms with van der Waals surface area (Å²) in [5.41, 5.74) is 3.67. The average molecular weight is 321 g/mol. The van der Waals surface area contributed by atoms with Gasteiger partial charge in [0.15, 0.2) is 10.7 Å². The first-order valence-electron chi connectivity index (χ1n) is 7.17. The Morgan fingerprint density at radius 2 is 1.83 bits per heavy atom. The molecule has 3 aromatic heterocycles. The van der Waals surface area contributed by atoms with Crippen LogP contribution >= 0.6 is 11.8 Å². The van der Waals surface area contributed by atoms with Crippen LogP contribution in [0, 0.1) is 0 Å². The predicted molar refractivity (Wildman–Crippen MR) is 88.4 cm³/mol. The second kappa shape index (κ2) is 4.85. The molecule has 6 nitrogen and oxygen atoms in total. The number of hydrogen-bond donors (Lipinski definition) is 1. The number of fused-ring (bicyclic) bond motifs is 4. The summed E-state index contributed by atoms with van der Waals surface area (Å²) in [6.07, 6.45) is 0. The molecule has 0 aliphatic carbocycles. The fourth-order valence-corrected chi connectivity index (χ4v) is 3.45. The topological polar surface area (TPSA) is 72.0 Å². The Kier molecular flexibility index (Phi) is 2.68. The van der Waals surface area contributed by atoms with E-state index in [1.54, 1.807) is 11.8 Å². The maximum atomic E-state index is 5.75. The van der Waals surface area contributed by atoms with Gasteiger partial charge in [0.05, 0.1) is 16.8 Å². The summed E-state index contributed by atoms with van der Waals surface area (Å²) < 4.78 is 7.77. The highest BCUT2D eigenvalue weighted by Gasteiger charge is 2.13. The Balaban J connectivity index is 1.51. The second-order valence-corrected chi connectivity index (χ2v) is 6.07. The molecule has 23 heavy (non-hydrogen) atoms.